The molecule has 1 fully saturated rings. The zero-order valence-corrected chi connectivity index (χ0v) is 6.94. The fourth-order valence-electron chi connectivity index (χ4n) is 1.13. The topological polar surface area (TPSA) is 6.48 Å². The van der Waals surface area contributed by atoms with Crippen LogP contribution in [0.4, 0.5) is 17.7 Å². The molecule has 0 N–H and O–H groups in total. The second-order valence-corrected chi connectivity index (χ2v) is 2.84. The van der Waals surface area contributed by atoms with E-state index in [1.165, 1.54) is 0 Å². The van der Waals surface area contributed by atoms with E-state index in [2.05, 4.69) is 6.58 Å². The second-order valence-electron chi connectivity index (χ2n) is 2.84. The minimum absolute atomic E-state index is 0.136. The average Bonchev–Trinajstić information content (AvgIpc) is 2.04. The minimum Gasteiger partial charge on any atom is -0.236 e. The van der Waals surface area contributed by atoms with E-state index in [1.54, 1.807) is 0 Å². The van der Waals surface area contributed by atoms with Crippen molar-refractivity contribution in [1.82, 2.24) is 10.0 Å². The Morgan fingerprint density at radius 2 is 1.62 bits per heavy atom. The molecule has 0 bridgehead atoms. The molecule has 0 aromatic rings. The van der Waals surface area contributed by atoms with E-state index in [-0.39, 0.29) is 26.2 Å². The summed E-state index contributed by atoms with van der Waals surface area (Å²) in [4.78, 5) is 0.575. The van der Waals surface area contributed by atoms with Crippen molar-refractivity contribution in [1.29, 1.82) is 0 Å². The van der Waals surface area contributed by atoms with E-state index in [1.807, 2.05) is 0 Å². The molecule has 0 amide bonds. The maximum Gasteiger partial charge on any atom is 0.357 e. The third kappa shape index (κ3) is 2.19. The summed E-state index contributed by atoms with van der Waals surface area (Å²) in [5.41, 5.74) is 0. The summed E-state index contributed by atoms with van der Waals surface area (Å²) < 4.78 is 50.4. The van der Waals surface area contributed by atoms with Crippen LogP contribution >= 0.6 is 0 Å². The lowest BCUT2D eigenvalue weighted by molar-refractivity contribution is -0.158. The van der Waals surface area contributed by atoms with Crippen molar-refractivity contribution in [3.05, 3.63) is 12.4 Å². The van der Waals surface area contributed by atoms with Gasteiger partial charge >= 0.3 is 6.05 Å². The zero-order valence-electron chi connectivity index (χ0n) is 6.94. The summed E-state index contributed by atoms with van der Waals surface area (Å²) in [6.07, 6.45) is 0. The highest BCUT2D eigenvalue weighted by atomic mass is 19.3. The third-order valence-electron chi connectivity index (χ3n) is 1.95. The van der Waals surface area contributed by atoms with Gasteiger partial charge in [-0.15, -0.1) is 9.60 Å². The van der Waals surface area contributed by atoms with Gasteiger partial charge in [0.25, 0.3) is 0 Å². The zero-order chi connectivity index (χ0) is 10.1. The first-order valence-corrected chi connectivity index (χ1v) is 3.83. The van der Waals surface area contributed by atoms with Gasteiger partial charge in [-0.3, -0.25) is 0 Å². The monoisotopic (exact) mass is 198 g/mol. The van der Waals surface area contributed by atoms with Crippen LogP contribution in [-0.2, 0) is 0 Å². The van der Waals surface area contributed by atoms with Crippen LogP contribution in [0.1, 0.15) is 0 Å². The van der Waals surface area contributed by atoms with Crippen molar-refractivity contribution in [2.45, 2.75) is 6.05 Å². The molecule has 0 aromatic carbocycles. The Kier molecular flexibility index (Phi) is 2.92. The lowest BCUT2D eigenvalue weighted by Gasteiger charge is -2.34. The van der Waals surface area contributed by atoms with Gasteiger partial charge in [-0.2, -0.15) is 8.78 Å². The van der Waals surface area contributed by atoms with Gasteiger partial charge in [0, 0.05) is 26.2 Å². The molecule has 2 nitrogen and oxygen atoms in total. The highest BCUT2D eigenvalue weighted by molar-refractivity contribution is 4.97. The standard InChI is InChI=1S/C7H10F4N2/c1-6(8)7(9,10)12-2-4-13(11)5-3-12/h1-5H2. The van der Waals surface area contributed by atoms with Gasteiger partial charge in [0.15, 0.2) is 5.83 Å². The van der Waals surface area contributed by atoms with E-state index < -0.39 is 11.9 Å². The molecular formula is C7H10F4N2. The lowest BCUT2D eigenvalue weighted by atomic mass is 10.3. The van der Waals surface area contributed by atoms with Gasteiger partial charge in [-0.1, -0.05) is 6.58 Å². The lowest BCUT2D eigenvalue weighted by Crippen LogP contribution is -2.51. The van der Waals surface area contributed by atoms with Crippen molar-refractivity contribution in [2.75, 3.05) is 26.2 Å². The maximum atomic E-state index is 12.9. The van der Waals surface area contributed by atoms with Gasteiger partial charge < -0.3 is 0 Å². The smallest absolute Gasteiger partial charge is 0.236 e. The van der Waals surface area contributed by atoms with Gasteiger partial charge in [0.1, 0.15) is 0 Å². The number of nitrogens with zero attached hydrogens (tertiary/aromatic N) is 2. The molecule has 0 atom stereocenters. The van der Waals surface area contributed by atoms with Crippen molar-refractivity contribution in [3.63, 3.8) is 0 Å². The Morgan fingerprint density at radius 3 is 2.00 bits per heavy atom. The molecule has 1 heterocycles. The quantitative estimate of drug-likeness (QED) is 0.377. The summed E-state index contributed by atoms with van der Waals surface area (Å²) in [7, 11) is 0. The Balaban J connectivity index is 2.58. The SMILES string of the molecule is C=C(F)C(F)(F)N1CCN(F)CC1. The largest absolute Gasteiger partial charge is 0.357 e. The molecule has 1 saturated heterocycles. The van der Waals surface area contributed by atoms with Crippen LogP contribution in [0.5, 0.6) is 0 Å². The number of piperazine rings is 1. The Morgan fingerprint density at radius 1 is 1.15 bits per heavy atom. The predicted molar refractivity (Wildman–Crippen MR) is 39.4 cm³/mol. The molecule has 0 unspecified atom stereocenters. The number of hydrogen-bond donors (Lipinski definition) is 0. The summed E-state index contributed by atoms with van der Waals surface area (Å²) in [6.45, 7) is 1.88. The first kappa shape index (κ1) is 10.5. The van der Waals surface area contributed by atoms with Gasteiger partial charge in [-0.25, -0.2) is 9.29 Å². The molecule has 0 aromatic heterocycles. The van der Waals surface area contributed by atoms with E-state index in [9.17, 15) is 17.7 Å². The first-order valence-electron chi connectivity index (χ1n) is 3.83. The fourth-order valence-corrected chi connectivity index (χ4v) is 1.13. The van der Waals surface area contributed by atoms with E-state index in [0.717, 1.165) is 0 Å². The van der Waals surface area contributed by atoms with Crippen LogP contribution in [0, 0.1) is 0 Å². The number of rotatable bonds is 2. The Hall–Kier alpha value is -0.620. The van der Waals surface area contributed by atoms with E-state index in [0.29, 0.717) is 10.0 Å². The average molecular weight is 198 g/mol. The molecule has 1 rings (SSSR count). The van der Waals surface area contributed by atoms with Crippen LogP contribution < -0.4 is 0 Å². The van der Waals surface area contributed by atoms with Crippen molar-refractivity contribution >= 4 is 0 Å². The summed E-state index contributed by atoms with van der Waals surface area (Å²) in [5.74, 6) is -1.69. The highest BCUT2D eigenvalue weighted by Crippen LogP contribution is 2.29. The van der Waals surface area contributed by atoms with Crippen LogP contribution in [0.2, 0.25) is 0 Å². The predicted octanol–water partition coefficient (Wildman–Crippen LogP) is 1.56. The molecule has 13 heavy (non-hydrogen) atoms. The molecule has 6 heteroatoms. The molecule has 1 aliphatic heterocycles. The van der Waals surface area contributed by atoms with E-state index in [4.69, 9.17) is 0 Å². The minimum atomic E-state index is -3.67. The number of halogens is 4. The highest BCUT2D eigenvalue weighted by Gasteiger charge is 2.42. The van der Waals surface area contributed by atoms with Crippen LogP contribution in [0.25, 0.3) is 0 Å². The van der Waals surface area contributed by atoms with E-state index >= 15 is 0 Å². The Bertz CT molecular complexity index is 199. The van der Waals surface area contributed by atoms with Gasteiger partial charge in [-0.05, 0) is 0 Å². The number of alkyl halides is 2. The third-order valence-corrected chi connectivity index (χ3v) is 1.95. The normalized spacial score (nSPS) is 21.8. The van der Waals surface area contributed by atoms with Crippen LogP contribution in [0.3, 0.4) is 0 Å². The van der Waals surface area contributed by atoms with Crippen LogP contribution in [-0.4, -0.2) is 42.2 Å². The Labute approximate surface area is 73.4 Å². The van der Waals surface area contributed by atoms with Gasteiger partial charge in [0.05, 0.1) is 0 Å². The number of hydrogen-bond acceptors (Lipinski definition) is 2. The summed E-state index contributed by atoms with van der Waals surface area (Å²) in [5, 5.41) is 0.424. The van der Waals surface area contributed by atoms with Crippen LogP contribution in [0.15, 0.2) is 12.4 Å². The van der Waals surface area contributed by atoms with Crippen molar-refractivity contribution < 1.29 is 17.7 Å². The molecule has 0 spiro atoms. The molecule has 0 saturated carbocycles. The summed E-state index contributed by atoms with van der Waals surface area (Å²) >= 11 is 0. The maximum absolute atomic E-state index is 12.9. The van der Waals surface area contributed by atoms with Gasteiger partial charge in [0.2, 0.25) is 0 Å². The molecule has 0 radical (unpaired) electrons. The van der Waals surface area contributed by atoms with Crippen molar-refractivity contribution in [3.8, 4) is 0 Å². The second kappa shape index (κ2) is 3.63. The summed E-state index contributed by atoms with van der Waals surface area (Å²) in [6, 6.07) is -3.67. The molecule has 0 aliphatic carbocycles. The molecule has 1 aliphatic rings. The van der Waals surface area contributed by atoms with Crippen molar-refractivity contribution in [2.24, 2.45) is 0 Å². The fraction of sp³-hybridized carbons (Fsp3) is 0.714. The molecule has 76 valence electrons. The molecular weight excluding hydrogens is 188 g/mol. The first-order chi connectivity index (χ1) is 5.94.